The smallest absolute Gasteiger partial charge is 0.127 e. The Hall–Kier alpha value is -0.800. The van der Waals surface area contributed by atoms with Crippen LogP contribution in [0.25, 0.3) is 0 Å². The van der Waals surface area contributed by atoms with E-state index >= 15 is 0 Å². The second-order valence-corrected chi connectivity index (χ2v) is 3.79. The van der Waals surface area contributed by atoms with Gasteiger partial charge in [0.25, 0.3) is 0 Å². The number of pyridine rings is 1. The van der Waals surface area contributed by atoms with Crippen LogP contribution in [0.1, 0.15) is 18.4 Å². The van der Waals surface area contributed by atoms with Crippen molar-refractivity contribution in [2.45, 2.75) is 25.4 Å². The molecule has 3 N–H and O–H groups in total. The Morgan fingerprint density at radius 2 is 2.38 bits per heavy atom. The molecule has 0 unspecified atom stereocenters. The lowest BCUT2D eigenvalue weighted by Crippen LogP contribution is -2.16. The summed E-state index contributed by atoms with van der Waals surface area (Å²) >= 11 is 5.80. The molecule has 0 atom stereocenters. The Bertz CT molecular complexity index is 310. The lowest BCUT2D eigenvalue weighted by molar-refractivity contribution is 0.687. The van der Waals surface area contributed by atoms with E-state index in [2.05, 4.69) is 10.3 Å². The largest absolute Gasteiger partial charge is 0.383 e. The van der Waals surface area contributed by atoms with Gasteiger partial charge >= 0.3 is 0 Å². The number of hydrogen-bond acceptors (Lipinski definition) is 3. The summed E-state index contributed by atoms with van der Waals surface area (Å²) in [7, 11) is 0. The average molecular weight is 198 g/mol. The fourth-order valence-corrected chi connectivity index (χ4v) is 1.36. The first-order chi connectivity index (χ1) is 6.25. The average Bonchev–Trinajstić information content (AvgIpc) is 2.90. The molecule has 1 aromatic rings. The van der Waals surface area contributed by atoms with Gasteiger partial charge < -0.3 is 11.1 Å². The molecule has 0 aliphatic heterocycles. The van der Waals surface area contributed by atoms with E-state index in [4.69, 9.17) is 17.3 Å². The van der Waals surface area contributed by atoms with Crippen molar-refractivity contribution in [1.29, 1.82) is 0 Å². The molecule has 2 rings (SSSR count). The molecule has 0 amide bonds. The molecule has 3 nitrogen and oxygen atoms in total. The number of nitrogens with one attached hydrogen (secondary N) is 1. The molecule has 0 aromatic carbocycles. The van der Waals surface area contributed by atoms with Crippen molar-refractivity contribution in [2.75, 3.05) is 5.73 Å². The van der Waals surface area contributed by atoms with Crippen molar-refractivity contribution in [2.24, 2.45) is 0 Å². The molecule has 1 aliphatic carbocycles. The van der Waals surface area contributed by atoms with Crippen molar-refractivity contribution in [3.8, 4) is 0 Å². The highest BCUT2D eigenvalue weighted by Gasteiger charge is 2.20. The fraction of sp³-hybridized carbons (Fsp3) is 0.444. The zero-order valence-electron chi connectivity index (χ0n) is 7.26. The van der Waals surface area contributed by atoms with Gasteiger partial charge in [-0.3, -0.25) is 0 Å². The first-order valence-electron chi connectivity index (χ1n) is 4.39. The van der Waals surface area contributed by atoms with Gasteiger partial charge in [0.2, 0.25) is 0 Å². The van der Waals surface area contributed by atoms with Gasteiger partial charge in [0.05, 0.1) is 5.02 Å². The highest BCUT2D eigenvalue weighted by atomic mass is 35.5. The summed E-state index contributed by atoms with van der Waals surface area (Å²) in [6.45, 7) is 0.768. The summed E-state index contributed by atoms with van der Waals surface area (Å²) in [5.74, 6) is 0.567. The van der Waals surface area contributed by atoms with Crippen molar-refractivity contribution in [3.05, 3.63) is 22.8 Å². The van der Waals surface area contributed by atoms with E-state index in [1.165, 1.54) is 12.8 Å². The maximum absolute atomic E-state index is 5.80. The molecule has 1 fully saturated rings. The first kappa shape index (κ1) is 8.78. The number of rotatable bonds is 3. The highest BCUT2D eigenvalue weighted by Crippen LogP contribution is 2.21. The fourth-order valence-electron chi connectivity index (χ4n) is 1.18. The molecule has 0 saturated heterocycles. The van der Waals surface area contributed by atoms with Crippen molar-refractivity contribution in [3.63, 3.8) is 0 Å². The molecular weight excluding hydrogens is 186 g/mol. The Balaban J connectivity index is 2.03. The monoisotopic (exact) mass is 197 g/mol. The lowest BCUT2D eigenvalue weighted by atomic mass is 10.2. The zero-order valence-corrected chi connectivity index (χ0v) is 8.01. The number of nitrogen functional groups attached to an aromatic ring is 1. The molecule has 1 heterocycles. The third-order valence-electron chi connectivity index (χ3n) is 2.13. The van der Waals surface area contributed by atoms with Crippen LogP contribution in [0, 0.1) is 0 Å². The minimum absolute atomic E-state index is 0.567. The summed E-state index contributed by atoms with van der Waals surface area (Å²) in [5.41, 5.74) is 6.67. The summed E-state index contributed by atoms with van der Waals surface area (Å²) < 4.78 is 0. The number of nitrogens with zero attached hydrogens (tertiary/aromatic N) is 1. The van der Waals surface area contributed by atoms with E-state index in [-0.39, 0.29) is 0 Å². The van der Waals surface area contributed by atoms with Crippen LogP contribution in [-0.2, 0) is 6.54 Å². The molecule has 0 bridgehead atoms. The minimum atomic E-state index is 0.567. The topological polar surface area (TPSA) is 50.9 Å². The van der Waals surface area contributed by atoms with Gasteiger partial charge in [-0.25, -0.2) is 4.98 Å². The minimum Gasteiger partial charge on any atom is -0.383 e. The Kier molecular flexibility index (Phi) is 2.38. The van der Waals surface area contributed by atoms with Crippen LogP contribution >= 0.6 is 11.6 Å². The second kappa shape index (κ2) is 3.52. The van der Waals surface area contributed by atoms with E-state index < -0.39 is 0 Å². The first-order valence-corrected chi connectivity index (χ1v) is 4.77. The predicted octanol–water partition coefficient (Wildman–Crippen LogP) is 1.57. The van der Waals surface area contributed by atoms with Gasteiger partial charge in [-0.05, 0) is 18.9 Å². The van der Waals surface area contributed by atoms with Gasteiger partial charge in [-0.1, -0.05) is 11.6 Å². The van der Waals surface area contributed by atoms with E-state index in [9.17, 15) is 0 Å². The lowest BCUT2D eigenvalue weighted by Gasteiger charge is -2.05. The summed E-state index contributed by atoms with van der Waals surface area (Å²) in [5, 5.41) is 4.00. The van der Waals surface area contributed by atoms with Crippen LogP contribution in [0.3, 0.4) is 0 Å². The maximum Gasteiger partial charge on any atom is 0.127 e. The SMILES string of the molecule is Nc1ncc(Cl)cc1CNC1CC1. The molecule has 70 valence electrons. The molecule has 1 aromatic heterocycles. The number of aromatic nitrogens is 1. The molecular formula is C9H12ClN3. The van der Waals surface area contributed by atoms with Crippen LogP contribution in [-0.4, -0.2) is 11.0 Å². The molecule has 13 heavy (non-hydrogen) atoms. The van der Waals surface area contributed by atoms with Gasteiger partial charge in [0, 0.05) is 24.3 Å². The Morgan fingerprint density at radius 1 is 1.62 bits per heavy atom. The highest BCUT2D eigenvalue weighted by molar-refractivity contribution is 6.30. The van der Waals surface area contributed by atoms with Crippen LogP contribution < -0.4 is 11.1 Å². The summed E-state index contributed by atoms with van der Waals surface area (Å²) in [6, 6.07) is 2.54. The van der Waals surface area contributed by atoms with Gasteiger partial charge in [-0.2, -0.15) is 0 Å². The Morgan fingerprint density at radius 3 is 3.08 bits per heavy atom. The Labute approximate surface area is 82.3 Å². The van der Waals surface area contributed by atoms with E-state index in [1.54, 1.807) is 6.20 Å². The van der Waals surface area contributed by atoms with Crippen molar-refractivity contribution >= 4 is 17.4 Å². The van der Waals surface area contributed by atoms with Gasteiger partial charge in [-0.15, -0.1) is 0 Å². The van der Waals surface area contributed by atoms with E-state index in [1.807, 2.05) is 6.07 Å². The van der Waals surface area contributed by atoms with Gasteiger partial charge in [0.1, 0.15) is 5.82 Å². The molecule has 0 spiro atoms. The van der Waals surface area contributed by atoms with Crippen LogP contribution in [0.4, 0.5) is 5.82 Å². The number of halogens is 1. The molecule has 1 aliphatic rings. The van der Waals surface area contributed by atoms with E-state index in [0.717, 1.165) is 12.1 Å². The number of nitrogens with two attached hydrogens (primary N) is 1. The summed E-state index contributed by atoms with van der Waals surface area (Å²) in [4.78, 5) is 3.98. The number of anilines is 1. The standard InChI is InChI=1S/C9H12ClN3/c10-7-3-6(9(11)13-5-7)4-12-8-1-2-8/h3,5,8,12H,1-2,4H2,(H2,11,13). The van der Waals surface area contributed by atoms with Crippen LogP contribution in [0.5, 0.6) is 0 Å². The number of hydrogen-bond donors (Lipinski definition) is 2. The zero-order chi connectivity index (χ0) is 9.26. The van der Waals surface area contributed by atoms with Crippen molar-refractivity contribution < 1.29 is 0 Å². The molecule has 4 heteroatoms. The normalized spacial score (nSPS) is 16.1. The molecule has 1 saturated carbocycles. The van der Waals surface area contributed by atoms with Crippen LogP contribution in [0.15, 0.2) is 12.3 Å². The molecule has 0 radical (unpaired) electrons. The predicted molar refractivity (Wildman–Crippen MR) is 53.5 cm³/mol. The maximum atomic E-state index is 5.80. The van der Waals surface area contributed by atoms with Gasteiger partial charge in [0.15, 0.2) is 0 Å². The quantitative estimate of drug-likeness (QED) is 0.774. The van der Waals surface area contributed by atoms with E-state index in [0.29, 0.717) is 16.9 Å². The second-order valence-electron chi connectivity index (χ2n) is 3.35. The summed E-state index contributed by atoms with van der Waals surface area (Å²) in [6.07, 6.45) is 4.11. The third kappa shape index (κ3) is 2.32. The third-order valence-corrected chi connectivity index (χ3v) is 2.33. The van der Waals surface area contributed by atoms with Crippen LogP contribution in [0.2, 0.25) is 5.02 Å². The van der Waals surface area contributed by atoms with Crippen molar-refractivity contribution in [1.82, 2.24) is 10.3 Å².